The molecule has 0 N–H and O–H groups in total. The number of thiophene rings is 1. The summed E-state index contributed by atoms with van der Waals surface area (Å²) in [5.41, 5.74) is 0. The van der Waals surface area contributed by atoms with Crippen LogP contribution >= 0.6 is 23.1 Å². The van der Waals surface area contributed by atoms with Crippen molar-refractivity contribution in [3.05, 3.63) is 17.0 Å². The van der Waals surface area contributed by atoms with E-state index >= 15 is 0 Å². The number of rotatable bonds is 6. The molecule has 0 aliphatic carbocycles. The zero-order valence-electron chi connectivity index (χ0n) is 11.0. The molecule has 1 saturated heterocycles. The van der Waals surface area contributed by atoms with Gasteiger partial charge in [0.25, 0.3) is 0 Å². The average Bonchev–Trinajstić information content (AvgIpc) is 2.86. The summed E-state index contributed by atoms with van der Waals surface area (Å²) < 4.78 is 1.28. The second kappa shape index (κ2) is 7.31. The summed E-state index contributed by atoms with van der Waals surface area (Å²) in [6.45, 7) is 4.98. The van der Waals surface area contributed by atoms with Crippen LogP contribution in [0.1, 0.15) is 42.3 Å². The molecule has 1 aliphatic rings. The maximum absolute atomic E-state index is 12.2. The highest BCUT2D eigenvalue weighted by Crippen LogP contribution is 2.28. The van der Waals surface area contributed by atoms with Gasteiger partial charge in [-0.05, 0) is 50.2 Å². The standard InChI is InChI=1S/C14H21NOS2/c1-2-10-17-14-7-6-13(18-14)12(16)11-15-8-4-3-5-9-15/h6-7H,2-5,8-11H2,1H3. The summed E-state index contributed by atoms with van der Waals surface area (Å²) in [6, 6.07) is 4.09. The lowest BCUT2D eigenvalue weighted by atomic mass is 10.1. The number of carbonyl (C=O) groups is 1. The highest BCUT2D eigenvalue weighted by molar-refractivity contribution is 8.01. The van der Waals surface area contributed by atoms with Gasteiger partial charge < -0.3 is 0 Å². The van der Waals surface area contributed by atoms with Crippen molar-refractivity contribution in [1.82, 2.24) is 4.90 Å². The molecule has 0 unspecified atom stereocenters. The Kier molecular flexibility index (Phi) is 5.73. The molecule has 1 aromatic heterocycles. The van der Waals surface area contributed by atoms with Crippen LogP contribution < -0.4 is 0 Å². The molecule has 0 atom stereocenters. The van der Waals surface area contributed by atoms with E-state index < -0.39 is 0 Å². The van der Waals surface area contributed by atoms with Crippen LogP contribution in [0.5, 0.6) is 0 Å². The van der Waals surface area contributed by atoms with Crippen LogP contribution in [-0.2, 0) is 0 Å². The van der Waals surface area contributed by atoms with Crippen LogP contribution in [0.2, 0.25) is 0 Å². The molecular formula is C14H21NOS2. The Bertz CT molecular complexity index is 383. The molecular weight excluding hydrogens is 262 g/mol. The first-order valence-corrected chi connectivity index (χ1v) is 8.58. The molecule has 18 heavy (non-hydrogen) atoms. The predicted octanol–water partition coefficient (Wildman–Crippen LogP) is 3.92. The SMILES string of the molecule is CCCSc1ccc(C(=O)CN2CCCCC2)s1. The van der Waals surface area contributed by atoms with Crippen molar-refractivity contribution in [3.63, 3.8) is 0 Å². The van der Waals surface area contributed by atoms with E-state index in [1.165, 1.54) is 29.9 Å². The smallest absolute Gasteiger partial charge is 0.186 e. The van der Waals surface area contributed by atoms with Gasteiger partial charge in [0.2, 0.25) is 0 Å². The average molecular weight is 283 g/mol. The van der Waals surface area contributed by atoms with Crippen molar-refractivity contribution in [2.24, 2.45) is 0 Å². The Balaban J connectivity index is 1.85. The number of thioether (sulfide) groups is 1. The molecule has 2 rings (SSSR count). The van der Waals surface area contributed by atoms with Gasteiger partial charge in [0.05, 0.1) is 15.6 Å². The van der Waals surface area contributed by atoms with Gasteiger partial charge in [0, 0.05) is 0 Å². The van der Waals surface area contributed by atoms with Crippen LogP contribution in [-0.4, -0.2) is 36.1 Å². The van der Waals surface area contributed by atoms with Crippen molar-refractivity contribution in [3.8, 4) is 0 Å². The number of carbonyl (C=O) groups excluding carboxylic acids is 1. The largest absolute Gasteiger partial charge is 0.296 e. The van der Waals surface area contributed by atoms with Gasteiger partial charge in [-0.2, -0.15) is 0 Å². The lowest BCUT2D eigenvalue weighted by Gasteiger charge is -2.25. The van der Waals surface area contributed by atoms with Gasteiger partial charge in [-0.3, -0.25) is 9.69 Å². The first kappa shape index (κ1) is 14.1. The molecule has 1 aromatic rings. The van der Waals surface area contributed by atoms with Gasteiger partial charge in [-0.25, -0.2) is 0 Å². The number of hydrogen-bond acceptors (Lipinski definition) is 4. The number of piperidine rings is 1. The topological polar surface area (TPSA) is 20.3 Å². The quantitative estimate of drug-likeness (QED) is 0.583. The minimum absolute atomic E-state index is 0.297. The number of hydrogen-bond donors (Lipinski definition) is 0. The van der Waals surface area contributed by atoms with E-state index in [4.69, 9.17) is 0 Å². The normalized spacial score (nSPS) is 16.9. The summed E-state index contributed by atoms with van der Waals surface area (Å²) in [7, 11) is 0. The first-order valence-electron chi connectivity index (χ1n) is 6.78. The van der Waals surface area contributed by atoms with Crippen molar-refractivity contribution < 1.29 is 4.79 Å². The molecule has 0 bridgehead atoms. The molecule has 2 heterocycles. The van der Waals surface area contributed by atoms with Crippen LogP contribution in [0.25, 0.3) is 0 Å². The van der Waals surface area contributed by atoms with Crippen molar-refractivity contribution in [1.29, 1.82) is 0 Å². The number of ketones is 1. The summed E-state index contributed by atoms with van der Waals surface area (Å²) in [4.78, 5) is 15.4. The Hall–Kier alpha value is -0.320. The molecule has 0 spiro atoms. The lowest BCUT2D eigenvalue weighted by molar-refractivity contribution is 0.0920. The van der Waals surface area contributed by atoms with Gasteiger partial charge in [-0.15, -0.1) is 23.1 Å². The van der Waals surface area contributed by atoms with Crippen molar-refractivity contribution in [2.75, 3.05) is 25.4 Å². The van der Waals surface area contributed by atoms with E-state index in [2.05, 4.69) is 17.9 Å². The predicted molar refractivity (Wildman–Crippen MR) is 80.0 cm³/mol. The Morgan fingerprint density at radius 3 is 2.83 bits per heavy atom. The van der Waals surface area contributed by atoms with Crippen LogP contribution in [0.4, 0.5) is 0 Å². The van der Waals surface area contributed by atoms with Gasteiger partial charge in [-0.1, -0.05) is 13.3 Å². The van der Waals surface area contributed by atoms with Gasteiger partial charge >= 0.3 is 0 Å². The first-order chi connectivity index (χ1) is 8.79. The molecule has 0 aromatic carbocycles. The molecule has 0 saturated carbocycles. The third-order valence-corrected chi connectivity index (χ3v) is 5.68. The Morgan fingerprint density at radius 2 is 2.11 bits per heavy atom. The highest BCUT2D eigenvalue weighted by Gasteiger charge is 2.16. The number of Topliss-reactive ketones (excluding diaryl/α,β-unsaturated/α-hetero) is 1. The molecule has 2 nitrogen and oxygen atoms in total. The summed E-state index contributed by atoms with van der Waals surface area (Å²) >= 11 is 3.51. The summed E-state index contributed by atoms with van der Waals surface area (Å²) in [5.74, 6) is 1.44. The lowest BCUT2D eigenvalue weighted by Crippen LogP contribution is -2.34. The molecule has 4 heteroatoms. The van der Waals surface area contributed by atoms with Crippen LogP contribution in [0.3, 0.4) is 0 Å². The van der Waals surface area contributed by atoms with Gasteiger partial charge in [0.15, 0.2) is 5.78 Å². The van der Waals surface area contributed by atoms with E-state index in [1.54, 1.807) is 11.3 Å². The molecule has 1 aliphatic heterocycles. The highest BCUT2D eigenvalue weighted by atomic mass is 32.2. The summed E-state index contributed by atoms with van der Waals surface area (Å²) in [5, 5.41) is 0. The van der Waals surface area contributed by atoms with Crippen LogP contribution in [0.15, 0.2) is 16.3 Å². The maximum Gasteiger partial charge on any atom is 0.186 e. The molecule has 1 fully saturated rings. The fraction of sp³-hybridized carbons (Fsp3) is 0.643. The third-order valence-electron chi connectivity index (χ3n) is 3.12. The minimum Gasteiger partial charge on any atom is -0.296 e. The summed E-state index contributed by atoms with van der Waals surface area (Å²) in [6.07, 6.45) is 4.99. The van der Waals surface area contributed by atoms with Crippen molar-refractivity contribution in [2.45, 2.75) is 36.8 Å². The molecule has 0 amide bonds. The number of likely N-dealkylation sites (tertiary alicyclic amines) is 1. The number of nitrogens with zero attached hydrogens (tertiary/aromatic N) is 1. The minimum atomic E-state index is 0.297. The Morgan fingerprint density at radius 1 is 1.33 bits per heavy atom. The van der Waals surface area contributed by atoms with Crippen LogP contribution in [0, 0.1) is 0 Å². The van der Waals surface area contributed by atoms with E-state index in [0.29, 0.717) is 12.3 Å². The second-order valence-electron chi connectivity index (χ2n) is 4.73. The zero-order chi connectivity index (χ0) is 12.8. The fourth-order valence-corrected chi connectivity index (χ4v) is 4.14. The van der Waals surface area contributed by atoms with Crippen molar-refractivity contribution >= 4 is 28.9 Å². The second-order valence-corrected chi connectivity index (χ2v) is 7.21. The van der Waals surface area contributed by atoms with E-state index in [-0.39, 0.29) is 0 Å². The van der Waals surface area contributed by atoms with E-state index in [9.17, 15) is 4.79 Å². The third kappa shape index (κ3) is 4.11. The molecule has 100 valence electrons. The Labute approximate surface area is 118 Å². The molecule has 0 radical (unpaired) electrons. The monoisotopic (exact) mass is 283 g/mol. The zero-order valence-corrected chi connectivity index (χ0v) is 12.6. The van der Waals surface area contributed by atoms with Gasteiger partial charge in [0.1, 0.15) is 0 Å². The maximum atomic E-state index is 12.2. The fourth-order valence-electron chi connectivity index (χ4n) is 2.15. The van der Waals surface area contributed by atoms with E-state index in [1.807, 2.05) is 17.8 Å². The van der Waals surface area contributed by atoms with E-state index in [0.717, 1.165) is 23.7 Å².